The number of para-hydroxylation sites is 2. The van der Waals surface area contributed by atoms with Crippen LogP contribution >= 0.6 is 0 Å². The Morgan fingerprint density at radius 3 is 1.79 bits per heavy atom. The van der Waals surface area contributed by atoms with Crippen LogP contribution in [-0.4, -0.2) is 9.97 Å². The van der Waals surface area contributed by atoms with Crippen molar-refractivity contribution in [3.05, 3.63) is 217 Å². The van der Waals surface area contributed by atoms with E-state index in [1.54, 1.807) is 0 Å². The molecule has 1 aliphatic rings. The number of hydrogen-bond donors (Lipinski definition) is 0. The van der Waals surface area contributed by atoms with Gasteiger partial charge in [-0.1, -0.05) is 164 Å². The molecule has 3 heteroatoms. The molecule has 1 unspecified atom stereocenters. The molecule has 1 atom stereocenters. The molecule has 2 aromatic heterocycles. The van der Waals surface area contributed by atoms with Crippen LogP contribution in [-0.2, 0) is 5.41 Å². The number of rotatable bonds is 6. The lowest BCUT2D eigenvalue weighted by molar-refractivity contribution is 0.670. The zero-order valence-electron chi connectivity index (χ0n) is 31.4. The van der Waals surface area contributed by atoms with Gasteiger partial charge >= 0.3 is 0 Å². The van der Waals surface area contributed by atoms with E-state index in [1.807, 2.05) is 30.3 Å². The first-order valence-corrected chi connectivity index (χ1v) is 19.5. The predicted molar refractivity (Wildman–Crippen MR) is 234 cm³/mol. The van der Waals surface area contributed by atoms with Gasteiger partial charge in [0.15, 0.2) is 5.82 Å². The summed E-state index contributed by atoms with van der Waals surface area (Å²) in [5, 5.41) is 2.22. The van der Waals surface area contributed by atoms with Gasteiger partial charge in [0.05, 0.1) is 11.4 Å². The molecule has 0 amide bonds. The van der Waals surface area contributed by atoms with E-state index in [-0.39, 0.29) is 5.41 Å². The highest BCUT2D eigenvalue weighted by Gasteiger charge is 2.40. The molecule has 57 heavy (non-hydrogen) atoms. The topological polar surface area (TPSA) is 38.9 Å². The van der Waals surface area contributed by atoms with E-state index in [1.165, 1.54) is 27.8 Å². The number of hydrogen-bond acceptors (Lipinski definition) is 3. The fourth-order valence-corrected chi connectivity index (χ4v) is 8.90. The van der Waals surface area contributed by atoms with Crippen LogP contribution in [0, 0.1) is 0 Å². The van der Waals surface area contributed by atoms with E-state index in [0.717, 1.165) is 72.3 Å². The molecular weight excluding hydrogens is 693 g/mol. The summed E-state index contributed by atoms with van der Waals surface area (Å²) in [4.78, 5) is 10.6. The molecular formula is C54H36N2O. The largest absolute Gasteiger partial charge is 0.455 e. The van der Waals surface area contributed by atoms with Crippen LogP contribution in [0.5, 0.6) is 0 Å². The number of fused-ring (bicyclic) bond motifs is 6. The highest BCUT2D eigenvalue weighted by molar-refractivity contribution is 6.09. The third-order valence-electron chi connectivity index (χ3n) is 11.8. The zero-order valence-corrected chi connectivity index (χ0v) is 31.4. The molecule has 11 rings (SSSR count). The summed E-state index contributed by atoms with van der Waals surface area (Å²) in [5.41, 5.74) is 16.9. The van der Waals surface area contributed by atoms with Gasteiger partial charge in [0.1, 0.15) is 11.2 Å². The minimum absolute atomic E-state index is 0.322. The molecule has 0 saturated heterocycles. The van der Waals surface area contributed by atoms with Crippen LogP contribution in [0.15, 0.2) is 205 Å². The summed E-state index contributed by atoms with van der Waals surface area (Å²) < 4.78 is 6.57. The molecule has 1 aliphatic carbocycles. The standard InChI is InChI=1S/C54H36N2O/c1-54(41-20-9-4-10-21-41)47-26-13-11-22-43(47)44-29-28-37(33-48(44)54)49-34-50(56-53(55-49)36-18-7-3-8-19-36)40-31-38(35-16-5-2-6-17-35)30-39(32-40)42-24-15-25-46-45-23-12-14-27-51(45)57-52(42)46/h2-34H,1H3. The number of benzene rings is 8. The molecule has 0 radical (unpaired) electrons. The zero-order chi connectivity index (χ0) is 37.9. The molecule has 0 aliphatic heterocycles. The van der Waals surface area contributed by atoms with Gasteiger partial charge < -0.3 is 4.42 Å². The van der Waals surface area contributed by atoms with Crippen LogP contribution in [0.1, 0.15) is 23.6 Å². The van der Waals surface area contributed by atoms with E-state index < -0.39 is 0 Å². The highest BCUT2D eigenvalue weighted by atomic mass is 16.3. The lowest BCUT2D eigenvalue weighted by Gasteiger charge is -2.28. The average Bonchev–Trinajstić information content (AvgIpc) is 3.80. The van der Waals surface area contributed by atoms with Crippen molar-refractivity contribution in [2.24, 2.45) is 0 Å². The number of aromatic nitrogens is 2. The van der Waals surface area contributed by atoms with Crippen LogP contribution in [0.4, 0.5) is 0 Å². The van der Waals surface area contributed by atoms with Gasteiger partial charge in [0, 0.05) is 38.4 Å². The highest BCUT2D eigenvalue weighted by Crippen LogP contribution is 2.53. The molecule has 8 aromatic carbocycles. The normalized spacial score (nSPS) is 14.5. The molecule has 0 N–H and O–H groups in total. The summed E-state index contributed by atoms with van der Waals surface area (Å²) in [7, 11) is 0. The maximum absolute atomic E-state index is 6.57. The lowest BCUT2D eigenvalue weighted by atomic mass is 9.74. The average molecular weight is 729 g/mol. The van der Waals surface area contributed by atoms with E-state index in [4.69, 9.17) is 14.4 Å². The molecule has 0 bridgehead atoms. The van der Waals surface area contributed by atoms with Crippen molar-refractivity contribution in [2.75, 3.05) is 0 Å². The van der Waals surface area contributed by atoms with Crippen molar-refractivity contribution >= 4 is 21.9 Å². The van der Waals surface area contributed by atoms with Gasteiger partial charge in [0.2, 0.25) is 0 Å². The second-order valence-corrected chi connectivity index (χ2v) is 15.1. The minimum Gasteiger partial charge on any atom is -0.455 e. The second-order valence-electron chi connectivity index (χ2n) is 15.1. The Kier molecular flexibility index (Phi) is 7.61. The Hall–Kier alpha value is -7.36. The van der Waals surface area contributed by atoms with Crippen LogP contribution < -0.4 is 0 Å². The summed E-state index contributed by atoms with van der Waals surface area (Å²) in [5.74, 6) is 0.684. The molecule has 268 valence electrons. The predicted octanol–water partition coefficient (Wildman–Crippen LogP) is 14.0. The van der Waals surface area contributed by atoms with E-state index in [9.17, 15) is 0 Å². The van der Waals surface area contributed by atoms with Crippen molar-refractivity contribution in [2.45, 2.75) is 12.3 Å². The fraction of sp³-hybridized carbons (Fsp3) is 0.0370. The summed E-state index contributed by atoms with van der Waals surface area (Å²) in [6, 6.07) is 71.0. The Balaban J connectivity index is 1.13. The molecule has 0 fully saturated rings. The molecule has 0 saturated carbocycles. The minimum atomic E-state index is -0.322. The maximum atomic E-state index is 6.57. The first-order valence-electron chi connectivity index (χ1n) is 19.5. The van der Waals surface area contributed by atoms with Crippen molar-refractivity contribution in [1.82, 2.24) is 9.97 Å². The Morgan fingerprint density at radius 2 is 0.982 bits per heavy atom. The van der Waals surface area contributed by atoms with E-state index in [2.05, 4.69) is 177 Å². The van der Waals surface area contributed by atoms with Gasteiger partial charge in [-0.15, -0.1) is 0 Å². The van der Waals surface area contributed by atoms with E-state index in [0.29, 0.717) is 5.82 Å². The summed E-state index contributed by atoms with van der Waals surface area (Å²) in [6.45, 7) is 2.36. The third-order valence-corrected chi connectivity index (χ3v) is 11.8. The van der Waals surface area contributed by atoms with Crippen LogP contribution in [0.2, 0.25) is 0 Å². The Labute approximate surface area is 331 Å². The Bertz CT molecular complexity index is 3130. The molecule has 10 aromatic rings. The quantitative estimate of drug-likeness (QED) is 0.171. The summed E-state index contributed by atoms with van der Waals surface area (Å²) in [6.07, 6.45) is 0. The van der Waals surface area contributed by atoms with Gasteiger partial charge in [-0.2, -0.15) is 0 Å². The molecule has 0 spiro atoms. The van der Waals surface area contributed by atoms with Gasteiger partial charge in [-0.05, 0) is 87.8 Å². The smallest absolute Gasteiger partial charge is 0.160 e. The maximum Gasteiger partial charge on any atom is 0.160 e. The van der Waals surface area contributed by atoms with Gasteiger partial charge in [0.25, 0.3) is 0 Å². The second kappa shape index (κ2) is 13.1. The summed E-state index contributed by atoms with van der Waals surface area (Å²) >= 11 is 0. The first-order chi connectivity index (χ1) is 28.1. The fourth-order valence-electron chi connectivity index (χ4n) is 8.90. The van der Waals surface area contributed by atoms with Crippen molar-refractivity contribution < 1.29 is 4.42 Å². The third kappa shape index (κ3) is 5.43. The monoisotopic (exact) mass is 728 g/mol. The van der Waals surface area contributed by atoms with Crippen molar-refractivity contribution in [3.63, 3.8) is 0 Å². The molecule has 2 heterocycles. The number of furan rings is 1. The Morgan fingerprint density at radius 1 is 0.386 bits per heavy atom. The van der Waals surface area contributed by atoms with Crippen LogP contribution in [0.25, 0.3) is 89.2 Å². The SMILES string of the molecule is CC1(c2ccccc2)c2ccccc2-c2ccc(-c3cc(-c4cc(-c5ccccc5)cc(-c5cccc6c5oc5ccccc56)c4)nc(-c4ccccc4)n3)cc21. The van der Waals surface area contributed by atoms with Crippen molar-refractivity contribution in [1.29, 1.82) is 0 Å². The molecule has 3 nitrogen and oxygen atoms in total. The van der Waals surface area contributed by atoms with Crippen molar-refractivity contribution in [3.8, 4) is 67.3 Å². The van der Waals surface area contributed by atoms with E-state index >= 15 is 0 Å². The first kappa shape index (κ1) is 33.0. The van der Waals surface area contributed by atoms with Gasteiger partial charge in [-0.3, -0.25) is 0 Å². The van der Waals surface area contributed by atoms with Crippen LogP contribution in [0.3, 0.4) is 0 Å². The number of nitrogens with zero attached hydrogens (tertiary/aromatic N) is 2. The van der Waals surface area contributed by atoms with Gasteiger partial charge in [-0.25, -0.2) is 9.97 Å². The lowest BCUT2D eigenvalue weighted by Crippen LogP contribution is -2.22.